The molecule has 0 N–H and O–H groups in total. The number of piperidine rings is 1. The van der Waals surface area contributed by atoms with Crippen LogP contribution in [0, 0.1) is 0 Å². The predicted molar refractivity (Wildman–Crippen MR) is 95.4 cm³/mol. The third-order valence-electron chi connectivity index (χ3n) is 4.61. The maximum absolute atomic E-state index is 15.8. The number of carbonyl (C=O) groups excluding carboxylic acids is 1. The highest BCUT2D eigenvalue weighted by Crippen LogP contribution is 2.38. The van der Waals surface area contributed by atoms with E-state index in [1.54, 1.807) is 20.8 Å². The number of hydrogen-bond acceptors (Lipinski definition) is 5. The van der Waals surface area contributed by atoms with Crippen molar-refractivity contribution in [3.05, 3.63) is 11.8 Å². The lowest BCUT2D eigenvalue weighted by Gasteiger charge is -2.41. The lowest BCUT2D eigenvalue weighted by atomic mass is 9.99. The van der Waals surface area contributed by atoms with Gasteiger partial charge in [-0.2, -0.15) is 5.10 Å². The molecule has 1 aromatic heterocycles. The number of aryl methyl sites for hydroxylation is 1. The smallest absolute Gasteiger partial charge is 0.410 e. The number of aromatic nitrogens is 2. The van der Waals surface area contributed by atoms with E-state index in [4.69, 9.17) is 4.74 Å². The van der Waals surface area contributed by atoms with Gasteiger partial charge in [-0.3, -0.25) is 4.68 Å². The van der Waals surface area contributed by atoms with Crippen LogP contribution in [-0.2, 0) is 21.6 Å². The van der Waals surface area contributed by atoms with Gasteiger partial charge < -0.3 is 9.64 Å². The highest BCUT2D eigenvalue weighted by Gasteiger charge is 2.53. The molecule has 11 heteroatoms. The number of likely N-dealkylation sites (tertiary alicyclic amines) is 1. The number of sulfone groups is 1. The molecule has 2 unspecified atom stereocenters. The summed E-state index contributed by atoms with van der Waals surface area (Å²) in [6, 6.07) is -0.649. The van der Waals surface area contributed by atoms with E-state index in [-0.39, 0.29) is 13.0 Å². The molecule has 2 atom stereocenters. The molecule has 0 radical (unpaired) electrons. The van der Waals surface area contributed by atoms with Crippen LogP contribution in [0.2, 0.25) is 0 Å². The molecule has 1 fully saturated rings. The van der Waals surface area contributed by atoms with Crippen LogP contribution in [0.1, 0.15) is 59.1 Å². The second-order valence-corrected chi connectivity index (χ2v) is 10.2. The van der Waals surface area contributed by atoms with Crippen molar-refractivity contribution in [3.63, 3.8) is 0 Å². The van der Waals surface area contributed by atoms with Crippen molar-refractivity contribution in [2.24, 2.45) is 7.05 Å². The number of alkyl halides is 3. The van der Waals surface area contributed by atoms with Gasteiger partial charge in [-0.15, -0.1) is 0 Å². The van der Waals surface area contributed by atoms with E-state index < -0.39 is 49.7 Å². The molecule has 1 aliphatic heterocycles. The van der Waals surface area contributed by atoms with Crippen molar-refractivity contribution < 1.29 is 31.1 Å². The van der Waals surface area contributed by atoms with Crippen LogP contribution in [0.15, 0.2) is 11.1 Å². The SMILES string of the molecule is Cn1nc(C(F)F)cc1S(=O)(=O)C(C)(F)C1CCCCN1C(=O)OC(C)(C)C. The monoisotopic (exact) mass is 425 g/mol. The van der Waals surface area contributed by atoms with Gasteiger partial charge in [0.2, 0.25) is 14.8 Å². The van der Waals surface area contributed by atoms with E-state index in [0.29, 0.717) is 18.9 Å². The molecular formula is C17H26F3N3O4S. The minimum absolute atomic E-state index is 0.102. The van der Waals surface area contributed by atoms with Gasteiger partial charge >= 0.3 is 6.09 Å². The Labute approximate surface area is 162 Å². The van der Waals surface area contributed by atoms with Gasteiger partial charge in [-0.1, -0.05) is 0 Å². The molecule has 7 nitrogen and oxygen atoms in total. The Morgan fingerprint density at radius 1 is 1.29 bits per heavy atom. The first kappa shape index (κ1) is 22.5. The van der Waals surface area contributed by atoms with Gasteiger partial charge in [0, 0.05) is 19.7 Å². The molecule has 1 aromatic rings. The number of hydrogen-bond donors (Lipinski definition) is 0. The van der Waals surface area contributed by atoms with Crippen LogP contribution in [0.25, 0.3) is 0 Å². The van der Waals surface area contributed by atoms with Crippen LogP contribution < -0.4 is 0 Å². The van der Waals surface area contributed by atoms with Gasteiger partial charge in [-0.05, 0) is 47.0 Å². The topological polar surface area (TPSA) is 81.5 Å². The first-order valence-electron chi connectivity index (χ1n) is 8.93. The third-order valence-corrected chi connectivity index (χ3v) is 6.86. The van der Waals surface area contributed by atoms with Gasteiger partial charge in [0.15, 0.2) is 5.03 Å². The number of nitrogens with zero attached hydrogens (tertiary/aromatic N) is 3. The molecule has 1 aliphatic rings. The molecule has 2 rings (SSSR count). The summed E-state index contributed by atoms with van der Waals surface area (Å²) in [5.74, 6) is 0. The van der Waals surface area contributed by atoms with E-state index in [2.05, 4.69) is 5.10 Å². The molecule has 0 aliphatic carbocycles. The summed E-state index contributed by atoms with van der Waals surface area (Å²) in [6.07, 6.45) is -2.60. The standard InChI is InChI=1S/C17H26F3N3O4S/c1-16(2,3)27-15(24)23-9-7-6-8-12(23)17(4,20)28(25,26)13-10-11(14(18)19)21-22(13)5/h10,12,14H,6-9H2,1-5H3. The molecule has 2 heterocycles. The maximum atomic E-state index is 15.8. The quantitative estimate of drug-likeness (QED) is 0.736. The van der Waals surface area contributed by atoms with Crippen molar-refractivity contribution in [1.29, 1.82) is 0 Å². The molecule has 0 spiro atoms. The molecule has 0 aromatic carbocycles. The highest BCUT2D eigenvalue weighted by atomic mass is 32.2. The van der Waals surface area contributed by atoms with Crippen LogP contribution in [0.3, 0.4) is 0 Å². The Morgan fingerprint density at radius 3 is 2.39 bits per heavy atom. The van der Waals surface area contributed by atoms with Crippen molar-refractivity contribution in [3.8, 4) is 0 Å². The average Bonchev–Trinajstić information content (AvgIpc) is 2.96. The predicted octanol–water partition coefficient (Wildman–Crippen LogP) is 3.61. The Kier molecular flexibility index (Phi) is 6.08. The average molecular weight is 425 g/mol. The van der Waals surface area contributed by atoms with E-state index in [1.807, 2.05) is 0 Å². The normalized spacial score (nSPS) is 20.9. The van der Waals surface area contributed by atoms with Crippen molar-refractivity contribution in [1.82, 2.24) is 14.7 Å². The Hall–Kier alpha value is -1.78. The van der Waals surface area contributed by atoms with Crippen molar-refractivity contribution in [2.45, 2.75) is 75.1 Å². The number of ether oxygens (including phenoxy) is 1. The molecular weight excluding hydrogens is 399 g/mol. The summed E-state index contributed by atoms with van der Waals surface area (Å²) in [5, 5.41) is -0.130. The minimum Gasteiger partial charge on any atom is -0.444 e. The second kappa shape index (κ2) is 7.57. The minimum atomic E-state index is -4.74. The number of rotatable bonds is 4. The summed E-state index contributed by atoms with van der Waals surface area (Å²) in [4.78, 5) is 13.6. The Balaban J connectivity index is 2.43. The zero-order valence-corrected chi connectivity index (χ0v) is 17.4. The van der Waals surface area contributed by atoms with Crippen LogP contribution in [0.4, 0.5) is 18.0 Å². The summed E-state index contributed by atoms with van der Waals surface area (Å²) < 4.78 is 73.6. The first-order valence-corrected chi connectivity index (χ1v) is 10.4. The zero-order valence-electron chi connectivity index (χ0n) is 16.6. The fourth-order valence-electron chi connectivity index (χ4n) is 3.22. The summed E-state index contributed by atoms with van der Waals surface area (Å²) in [7, 11) is -3.59. The van der Waals surface area contributed by atoms with Crippen molar-refractivity contribution in [2.75, 3.05) is 6.54 Å². The summed E-state index contributed by atoms with van der Waals surface area (Å²) >= 11 is 0. The second-order valence-electron chi connectivity index (χ2n) is 8.01. The van der Waals surface area contributed by atoms with Gasteiger partial charge in [0.05, 0.1) is 6.04 Å². The molecule has 0 saturated carbocycles. The molecule has 1 saturated heterocycles. The fraction of sp³-hybridized carbons (Fsp3) is 0.765. The third kappa shape index (κ3) is 4.28. The molecule has 0 bridgehead atoms. The van der Waals surface area contributed by atoms with Crippen LogP contribution >= 0.6 is 0 Å². The number of amides is 1. The first-order chi connectivity index (χ1) is 12.7. The Bertz CT molecular complexity index is 831. The largest absolute Gasteiger partial charge is 0.444 e. The van der Waals surface area contributed by atoms with E-state index in [0.717, 1.165) is 23.6 Å². The van der Waals surface area contributed by atoms with E-state index in [1.165, 1.54) is 0 Å². The van der Waals surface area contributed by atoms with Gasteiger partial charge in [0.1, 0.15) is 11.3 Å². The fourth-order valence-corrected chi connectivity index (χ4v) is 4.90. The van der Waals surface area contributed by atoms with Gasteiger partial charge in [0.25, 0.3) is 6.43 Å². The Morgan fingerprint density at radius 2 is 1.89 bits per heavy atom. The van der Waals surface area contributed by atoms with Crippen LogP contribution in [-0.4, -0.2) is 52.4 Å². The van der Waals surface area contributed by atoms with Crippen LogP contribution in [0.5, 0.6) is 0 Å². The van der Waals surface area contributed by atoms with E-state index >= 15 is 4.39 Å². The number of halogens is 3. The van der Waals surface area contributed by atoms with Crippen molar-refractivity contribution >= 4 is 15.9 Å². The van der Waals surface area contributed by atoms with E-state index in [9.17, 15) is 22.0 Å². The molecule has 1 amide bonds. The molecule has 160 valence electrons. The lowest BCUT2D eigenvalue weighted by Crippen LogP contribution is -2.57. The summed E-state index contributed by atoms with van der Waals surface area (Å²) in [5.41, 5.74) is -1.59. The lowest BCUT2D eigenvalue weighted by molar-refractivity contribution is -0.00643. The number of carbonyl (C=O) groups is 1. The molecule has 28 heavy (non-hydrogen) atoms. The maximum Gasteiger partial charge on any atom is 0.410 e. The zero-order chi connectivity index (χ0) is 21.5. The van der Waals surface area contributed by atoms with Gasteiger partial charge in [-0.25, -0.2) is 26.4 Å². The highest BCUT2D eigenvalue weighted by molar-refractivity contribution is 7.92. The summed E-state index contributed by atoms with van der Waals surface area (Å²) in [6.45, 7) is 5.94.